The number of carbonyl (C=O) groups is 1. The Morgan fingerprint density at radius 3 is 2.45 bits per heavy atom. The summed E-state index contributed by atoms with van der Waals surface area (Å²) < 4.78 is 4.89. The molecular weight excluding hydrogens is 263 g/mol. The van der Waals surface area contributed by atoms with Crippen LogP contribution in [0.25, 0.3) is 0 Å². The van der Waals surface area contributed by atoms with Crippen molar-refractivity contribution < 1.29 is 24.7 Å². The van der Waals surface area contributed by atoms with Gasteiger partial charge in [0.25, 0.3) is 0 Å². The Balaban J connectivity index is 3.90. The maximum Gasteiger partial charge on any atom is 0.451 e. The molecule has 0 aromatic carbocycles. The van der Waals surface area contributed by atoms with E-state index in [2.05, 4.69) is 5.32 Å². The Kier molecular flexibility index (Phi) is 10.7. The minimum Gasteiger partial charge on any atom is -0.480 e. The third kappa shape index (κ3) is 9.27. The van der Waals surface area contributed by atoms with Crippen molar-refractivity contribution in [2.75, 3.05) is 26.8 Å². The topological polar surface area (TPSA) is 125 Å². The molecule has 0 saturated carbocycles. The Morgan fingerprint density at radius 2 is 1.90 bits per heavy atom. The van der Waals surface area contributed by atoms with Crippen LogP contribution >= 0.6 is 0 Å². The van der Waals surface area contributed by atoms with Gasteiger partial charge in [-0.1, -0.05) is 12.8 Å². The number of hydrogen-bond acceptors (Lipinski definition) is 6. The van der Waals surface area contributed by atoms with Gasteiger partial charge in [0.15, 0.2) is 0 Å². The zero-order valence-electron chi connectivity index (χ0n) is 12.2. The van der Waals surface area contributed by atoms with Gasteiger partial charge < -0.3 is 30.9 Å². The van der Waals surface area contributed by atoms with Crippen molar-refractivity contribution >= 4 is 13.1 Å². The average molecular weight is 290 g/mol. The van der Waals surface area contributed by atoms with E-state index in [0.29, 0.717) is 45.3 Å². The second-order valence-corrected chi connectivity index (χ2v) is 5.03. The normalized spacial score (nSPS) is 14.0. The number of methoxy groups -OCH3 is 1. The first-order valence-corrected chi connectivity index (χ1v) is 7.00. The van der Waals surface area contributed by atoms with Crippen molar-refractivity contribution in [3.05, 3.63) is 0 Å². The Hall–Kier alpha value is -0.665. The van der Waals surface area contributed by atoms with E-state index in [1.165, 1.54) is 0 Å². The second kappa shape index (κ2) is 11.0. The van der Waals surface area contributed by atoms with Gasteiger partial charge in [-0.2, -0.15) is 0 Å². The molecule has 0 aliphatic heterocycles. The van der Waals surface area contributed by atoms with Crippen LogP contribution in [-0.2, 0) is 9.53 Å². The molecule has 7 nitrogen and oxygen atoms in total. The van der Waals surface area contributed by atoms with Crippen molar-refractivity contribution in [2.24, 2.45) is 5.73 Å². The molecule has 0 aromatic heterocycles. The molecule has 0 heterocycles. The molecule has 0 fully saturated rings. The van der Waals surface area contributed by atoms with Gasteiger partial charge in [-0.25, -0.2) is 0 Å². The van der Waals surface area contributed by atoms with Gasteiger partial charge in [-0.05, 0) is 32.1 Å². The highest BCUT2D eigenvalue weighted by Gasteiger charge is 2.32. The second-order valence-electron chi connectivity index (χ2n) is 5.03. The summed E-state index contributed by atoms with van der Waals surface area (Å²) in [6.45, 7) is 2.05. The van der Waals surface area contributed by atoms with E-state index < -0.39 is 18.6 Å². The van der Waals surface area contributed by atoms with Crippen LogP contribution in [0, 0.1) is 0 Å². The van der Waals surface area contributed by atoms with E-state index in [1.807, 2.05) is 0 Å². The number of aliphatic carboxylic acids is 1. The lowest BCUT2D eigenvalue weighted by Crippen LogP contribution is -2.48. The number of ether oxygens (including phenoxy) is 1. The Labute approximate surface area is 120 Å². The van der Waals surface area contributed by atoms with Crippen molar-refractivity contribution in [3.8, 4) is 0 Å². The summed E-state index contributed by atoms with van der Waals surface area (Å²) in [5, 5.41) is 29.8. The summed E-state index contributed by atoms with van der Waals surface area (Å²) >= 11 is 0. The summed E-state index contributed by atoms with van der Waals surface area (Å²) in [6, 6.07) is 0. The lowest BCUT2D eigenvalue weighted by Gasteiger charge is -2.24. The molecule has 118 valence electrons. The molecule has 0 aliphatic carbocycles. The Bertz CT molecular complexity index is 268. The van der Waals surface area contributed by atoms with Crippen LogP contribution in [0.4, 0.5) is 0 Å². The first-order chi connectivity index (χ1) is 9.42. The highest BCUT2D eigenvalue weighted by Crippen LogP contribution is 2.19. The lowest BCUT2D eigenvalue weighted by molar-refractivity contribution is -0.144. The van der Waals surface area contributed by atoms with Crippen LogP contribution in [0.15, 0.2) is 0 Å². The van der Waals surface area contributed by atoms with Gasteiger partial charge in [0.1, 0.15) is 5.54 Å². The van der Waals surface area contributed by atoms with Crippen molar-refractivity contribution in [1.29, 1.82) is 0 Å². The number of nitrogens with one attached hydrogen (secondary N) is 1. The van der Waals surface area contributed by atoms with Crippen LogP contribution in [0.1, 0.15) is 32.1 Å². The third-order valence-electron chi connectivity index (χ3n) is 3.22. The summed E-state index contributed by atoms with van der Waals surface area (Å²) in [7, 11) is 0.289. The SMILES string of the molecule is COCCNCCCC(N)(CCCCB(O)O)C(=O)O. The summed E-state index contributed by atoms with van der Waals surface area (Å²) in [5.41, 5.74) is 4.69. The van der Waals surface area contributed by atoms with Crippen LogP contribution in [0.3, 0.4) is 0 Å². The minimum atomic E-state index is -1.34. The van der Waals surface area contributed by atoms with Crippen LogP contribution in [0.2, 0.25) is 6.32 Å². The molecule has 0 amide bonds. The van der Waals surface area contributed by atoms with E-state index in [4.69, 9.17) is 20.5 Å². The molecule has 0 bridgehead atoms. The van der Waals surface area contributed by atoms with Gasteiger partial charge in [-0.3, -0.25) is 4.79 Å². The fourth-order valence-electron chi connectivity index (χ4n) is 1.93. The van der Waals surface area contributed by atoms with Crippen LogP contribution < -0.4 is 11.1 Å². The molecule has 0 saturated heterocycles. The minimum absolute atomic E-state index is 0.244. The fraction of sp³-hybridized carbons (Fsp3) is 0.917. The van der Waals surface area contributed by atoms with Gasteiger partial charge >= 0.3 is 13.1 Å². The molecule has 1 atom stereocenters. The Morgan fingerprint density at radius 1 is 1.25 bits per heavy atom. The number of hydrogen-bond donors (Lipinski definition) is 5. The van der Waals surface area contributed by atoms with Gasteiger partial charge in [0.05, 0.1) is 6.61 Å². The number of rotatable bonds is 13. The maximum absolute atomic E-state index is 11.3. The summed E-state index contributed by atoms with van der Waals surface area (Å²) in [6.07, 6.45) is 2.77. The number of unbranched alkanes of at least 4 members (excludes halogenated alkanes) is 1. The maximum atomic E-state index is 11.3. The predicted octanol–water partition coefficient (Wildman–Crippen LogP) is -0.572. The molecule has 0 aliphatic rings. The first-order valence-electron chi connectivity index (χ1n) is 7.00. The van der Waals surface area contributed by atoms with E-state index in [1.54, 1.807) is 7.11 Å². The molecular formula is C12H27BN2O5. The zero-order valence-corrected chi connectivity index (χ0v) is 12.2. The number of nitrogens with two attached hydrogens (primary N) is 1. The zero-order chi connectivity index (χ0) is 15.4. The van der Waals surface area contributed by atoms with Gasteiger partial charge in [-0.15, -0.1) is 0 Å². The van der Waals surface area contributed by atoms with Crippen molar-refractivity contribution in [1.82, 2.24) is 5.32 Å². The highest BCUT2D eigenvalue weighted by atomic mass is 16.5. The molecule has 0 rings (SSSR count). The summed E-state index contributed by atoms with van der Waals surface area (Å²) in [4.78, 5) is 11.3. The van der Waals surface area contributed by atoms with E-state index in [9.17, 15) is 9.90 Å². The lowest BCUT2D eigenvalue weighted by atomic mass is 9.81. The molecule has 6 N–H and O–H groups in total. The van der Waals surface area contributed by atoms with Crippen LogP contribution in [0.5, 0.6) is 0 Å². The molecule has 0 spiro atoms. The molecule has 20 heavy (non-hydrogen) atoms. The quantitative estimate of drug-likeness (QED) is 0.227. The van der Waals surface area contributed by atoms with E-state index >= 15 is 0 Å². The summed E-state index contributed by atoms with van der Waals surface area (Å²) in [5.74, 6) is -1.00. The number of carboxylic acids is 1. The molecule has 1 unspecified atom stereocenters. The van der Waals surface area contributed by atoms with E-state index in [0.717, 1.165) is 6.54 Å². The monoisotopic (exact) mass is 290 g/mol. The third-order valence-corrected chi connectivity index (χ3v) is 3.22. The van der Waals surface area contributed by atoms with Crippen molar-refractivity contribution in [3.63, 3.8) is 0 Å². The van der Waals surface area contributed by atoms with Crippen LogP contribution in [-0.4, -0.2) is 60.6 Å². The smallest absolute Gasteiger partial charge is 0.451 e. The largest absolute Gasteiger partial charge is 0.480 e. The van der Waals surface area contributed by atoms with Gasteiger partial charge in [0, 0.05) is 13.7 Å². The molecule has 8 heteroatoms. The molecule has 0 radical (unpaired) electrons. The van der Waals surface area contributed by atoms with Gasteiger partial charge in [0.2, 0.25) is 0 Å². The fourth-order valence-corrected chi connectivity index (χ4v) is 1.93. The standard InChI is InChI=1S/C12H27BN2O5/c1-20-10-9-15-8-4-6-12(14,11(16)17)5-2-3-7-13(18)19/h15,18-19H,2-10,14H2,1H3,(H,16,17). The highest BCUT2D eigenvalue weighted by molar-refractivity contribution is 6.40. The number of carboxylic acid groups (broad SMARTS) is 1. The molecule has 0 aromatic rings. The first kappa shape index (κ1) is 19.3. The van der Waals surface area contributed by atoms with E-state index in [-0.39, 0.29) is 6.32 Å². The average Bonchev–Trinajstić information content (AvgIpc) is 2.38. The predicted molar refractivity (Wildman–Crippen MR) is 77.4 cm³/mol. The van der Waals surface area contributed by atoms with Crippen molar-refractivity contribution in [2.45, 2.75) is 44.0 Å².